The second-order valence-electron chi connectivity index (χ2n) is 5.08. The average molecular weight is 335 g/mol. The van der Waals surface area contributed by atoms with Crippen molar-refractivity contribution >= 4 is 10.0 Å². The van der Waals surface area contributed by atoms with Crippen LogP contribution in [0.3, 0.4) is 0 Å². The first-order valence-corrected chi connectivity index (χ1v) is 8.71. The molecule has 2 aromatic rings. The van der Waals surface area contributed by atoms with Gasteiger partial charge >= 0.3 is 0 Å². The van der Waals surface area contributed by atoms with Gasteiger partial charge < -0.3 is 14.6 Å². The summed E-state index contributed by atoms with van der Waals surface area (Å²) < 4.78 is 37.9. The van der Waals surface area contributed by atoms with Crippen LogP contribution >= 0.6 is 0 Å². The third-order valence-corrected chi connectivity index (χ3v) is 4.96. The highest BCUT2D eigenvalue weighted by molar-refractivity contribution is 7.89. The summed E-state index contributed by atoms with van der Waals surface area (Å²) in [5.74, 6) is 1.13. The Hall–Kier alpha value is -2.25. The number of fused-ring (bicyclic) bond motifs is 1. The SMILES string of the molecule is O=S(=O)(NCCc1ccccc1O)c1ccc2c(c1)OCCO2. The van der Waals surface area contributed by atoms with Crippen LogP contribution in [-0.2, 0) is 16.4 Å². The lowest BCUT2D eigenvalue weighted by atomic mass is 10.1. The molecule has 0 bridgehead atoms. The molecule has 0 fully saturated rings. The zero-order valence-corrected chi connectivity index (χ0v) is 13.2. The highest BCUT2D eigenvalue weighted by atomic mass is 32.2. The lowest BCUT2D eigenvalue weighted by Crippen LogP contribution is -2.26. The molecule has 3 rings (SSSR count). The van der Waals surface area contributed by atoms with Gasteiger partial charge in [-0.2, -0.15) is 0 Å². The van der Waals surface area contributed by atoms with Crippen molar-refractivity contribution in [1.82, 2.24) is 4.72 Å². The van der Waals surface area contributed by atoms with Crippen LogP contribution in [0.1, 0.15) is 5.56 Å². The standard InChI is InChI=1S/C16H17NO5S/c18-14-4-2-1-3-12(14)7-8-17-23(19,20)13-5-6-15-16(11-13)22-10-9-21-15/h1-6,11,17-18H,7-10H2. The van der Waals surface area contributed by atoms with E-state index in [4.69, 9.17) is 9.47 Å². The largest absolute Gasteiger partial charge is 0.508 e. The Labute approximate surface area is 134 Å². The van der Waals surface area contributed by atoms with Gasteiger partial charge in [0.15, 0.2) is 11.5 Å². The van der Waals surface area contributed by atoms with Gasteiger partial charge in [-0.25, -0.2) is 13.1 Å². The molecule has 7 heteroatoms. The van der Waals surface area contributed by atoms with E-state index in [0.29, 0.717) is 36.7 Å². The Bertz CT molecular complexity index is 804. The van der Waals surface area contributed by atoms with Crippen molar-refractivity contribution in [3.8, 4) is 17.2 Å². The van der Waals surface area contributed by atoms with E-state index in [9.17, 15) is 13.5 Å². The Kier molecular flexibility index (Phi) is 4.40. The van der Waals surface area contributed by atoms with Crippen LogP contribution in [0.4, 0.5) is 0 Å². The Morgan fingerprint density at radius 2 is 1.78 bits per heavy atom. The third-order valence-electron chi connectivity index (χ3n) is 3.50. The van der Waals surface area contributed by atoms with Crippen molar-refractivity contribution in [2.24, 2.45) is 0 Å². The zero-order chi connectivity index (χ0) is 16.3. The molecule has 0 aromatic heterocycles. The molecule has 1 heterocycles. The van der Waals surface area contributed by atoms with Crippen LogP contribution in [0.25, 0.3) is 0 Å². The molecule has 0 spiro atoms. The first-order chi connectivity index (χ1) is 11.1. The van der Waals surface area contributed by atoms with Gasteiger partial charge in [0.05, 0.1) is 4.90 Å². The lowest BCUT2D eigenvalue weighted by Gasteiger charge is -2.19. The van der Waals surface area contributed by atoms with E-state index < -0.39 is 10.0 Å². The maximum atomic E-state index is 12.3. The van der Waals surface area contributed by atoms with Crippen molar-refractivity contribution in [2.45, 2.75) is 11.3 Å². The van der Waals surface area contributed by atoms with E-state index in [-0.39, 0.29) is 17.2 Å². The summed E-state index contributed by atoms with van der Waals surface area (Å²) in [5, 5.41) is 9.68. The lowest BCUT2D eigenvalue weighted by molar-refractivity contribution is 0.171. The molecule has 0 aliphatic carbocycles. The fourth-order valence-corrected chi connectivity index (χ4v) is 3.36. The molecule has 2 N–H and O–H groups in total. The molecule has 0 radical (unpaired) electrons. The van der Waals surface area contributed by atoms with Gasteiger partial charge in [0.1, 0.15) is 19.0 Å². The molecule has 0 unspecified atom stereocenters. The highest BCUT2D eigenvalue weighted by Crippen LogP contribution is 2.32. The minimum atomic E-state index is -3.64. The van der Waals surface area contributed by atoms with E-state index in [2.05, 4.69) is 4.72 Å². The summed E-state index contributed by atoms with van der Waals surface area (Å²) in [6, 6.07) is 11.4. The number of rotatable bonds is 5. The Morgan fingerprint density at radius 3 is 2.57 bits per heavy atom. The van der Waals surface area contributed by atoms with E-state index in [1.54, 1.807) is 30.3 Å². The monoisotopic (exact) mass is 335 g/mol. The fraction of sp³-hybridized carbons (Fsp3) is 0.250. The molecule has 0 amide bonds. The third kappa shape index (κ3) is 3.57. The van der Waals surface area contributed by atoms with Crippen molar-refractivity contribution in [2.75, 3.05) is 19.8 Å². The number of sulfonamides is 1. The summed E-state index contributed by atoms with van der Waals surface area (Å²) >= 11 is 0. The van der Waals surface area contributed by atoms with Crippen molar-refractivity contribution in [3.05, 3.63) is 48.0 Å². The van der Waals surface area contributed by atoms with Crippen LogP contribution in [-0.4, -0.2) is 33.3 Å². The van der Waals surface area contributed by atoms with Crippen molar-refractivity contribution < 1.29 is 23.0 Å². The molecule has 1 aliphatic heterocycles. The summed E-state index contributed by atoms with van der Waals surface area (Å²) in [6.45, 7) is 1.05. The summed E-state index contributed by atoms with van der Waals surface area (Å²) in [6.07, 6.45) is 0.399. The van der Waals surface area contributed by atoms with Gasteiger partial charge in [-0.05, 0) is 30.2 Å². The zero-order valence-electron chi connectivity index (χ0n) is 12.4. The highest BCUT2D eigenvalue weighted by Gasteiger charge is 2.19. The van der Waals surface area contributed by atoms with Crippen LogP contribution in [0.2, 0.25) is 0 Å². The number of benzene rings is 2. The number of para-hydroxylation sites is 1. The van der Waals surface area contributed by atoms with E-state index in [0.717, 1.165) is 0 Å². The van der Waals surface area contributed by atoms with Crippen LogP contribution in [0.15, 0.2) is 47.4 Å². The molecule has 122 valence electrons. The number of nitrogens with one attached hydrogen (secondary N) is 1. The Balaban J connectivity index is 1.68. The van der Waals surface area contributed by atoms with E-state index >= 15 is 0 Å². The van der Waals surface area contributed by atoms with Gasteiger partial charge in [0, 0.05) is 12.6 Å². The van der Waals surface area contributed by atoms with Crippen molar-refractivity contribution in [1.29, 1.82) is 0 Å². The minimum Gasteiger partial charge on any atom is -0.508 e. The number of hydrogen-bond donors (Lipinski definition) is 2. The topological polar surface area (TPSA) is 84.9 Å². The molecule has 0 saturated carbocycles. The predicted molar refractivity (Wildman–Crippen MR) is 84.4 cm³/mol. The summed E-state index contributed by atoms with van der Waals surface area (Å²) in [5.41, 5.74) is 0.692. The number of phenolic OH excluding ortho intramolecular Hbond substituents is 1. The van der Waals surface area contributed by atoms with Gasteiger partial charge in [-0.3, -0.25) is 0 Å². The van der Waals surface area contributed by atoms with E-state index in [1.807, 2.05) is 0 Å². The number of phenols is 1. The molecular weight excluding hydrogens is 318 g/mol. The average Bonchev–Trinajstić information content (AvgIpc) is 2.56. The van der Waals surface area contributed by atoms with E-state index in [1.165, 1.54) is 12.1 Å². The number of hydrogen-bond acceptors (Lipinski definition) is 5. The fourth-order valence-electron chi connectivity index (χ4n) is 2.32. The molecule has 6 nitrogen and oxygen atoms in total. The Morgan fingerprint density at radius 1 is 1.04 bits per heavy atom. The molecular formula is C16H17NO5S. The van der Waals surface area contributed by atoms with Crippen molar-refractivity contribution in [3.63, 3.8) is 0 Å². The van der Waals surface area contributed by atoms with Gasteiger partial charge in [0.2, 0.25) is 10.0 Å². The maximum absolute atomic E-state index is 12.3. The minimum absolute atomic E-state index is 0.124. The van der Waals surface area contributed by atoms with Crippen LogP contribution in [0, 0.1) is 0 Å². The first-order valence-electron chi connectivity index (χ1n) is 7.22. The molecule has 0 atom stereocenters. The summed E-state index contributed by atoms with van der Waals surface area (Å²) in [4.78, 5) is 0.124. The first kappa shape index (κ1) is 15.6. The molecule has 2 aromatic carbocycles. The second-order valence-corrected chi connectivity index (χ2v) is 6.85. The molecule has 23 heavy (non-hydrogen) atoms. The normalized spacial score (nSPS) is 13.7. The van der Waals surface area contributed by atoms with Crippen LogP contribution < -0.4 is 14.2 Å². The van der Waals surface area contributed by atoms with Gasteiger partial charge in [-0.1, -0.05) is 18.2 Å². The van der Waals surface area contributed by atoms with Gasteiger partial charge in [0.25, 0.3) is 0 Å². The van der Waals surface area contributed by atoms with Crippen LogP contribution in [0.5, 0.6) is 17.2 Å². The quantitative estimate of drug-likeness (QED) is 0.868. The maximum Gasteiger partial charge on any atom is 0.240 e. The molecule has 1 aliphatic rings. The predicted octanol–water partition coefficient (Wildman–Crippen LogP) is 1.68. The number of ether oxygens (including phenoxy) is 2. The number of aromatic hydroxyl groups is 1. The second kappa shape index (κ2) is 6.47. The molecule has 0 saturated heterocycles. The van der Waals surface area contributed by atoms with Gasteiger partial charge in [-0.15, -0.1) is 0 Å². The summed E-state index contributed by atoms with van der Waals surface area (Å²) in [7, 11) is -3.64. The smallest absolute Gasteiger partial charge is 0.240 e.